The second-order valence-corrected chi connectivity index (χ2v) is 4.59. The molecule has 0 aliphatic heterocycles. The fraction of sp³-hybridized carbons (Fsp3) is 0.400. The van der Waals surface area contributed by atoms with Gasteiger partial charge in [-0.25, -0.2) is 4.98 Å². The molecule has 0 spiro atoms. The highest BCUT2D eigenvalue weighted by Crippen LogP contribution is 2.24. The molecule has 1 heterocycles. The third-order valence-electron chi connectivity index (χ3n) is 3.18. The van der Waals surface area contributed by atoms with Crippen molar-refractivity contribution in [3.63, 3.8) is 0 Å². The maximum atomic E-state index is 5.31. The van der Waals surface area contributed by atoms with Gasteiger partial charge in [-0.3, -0.25) is 0 Å². The highest BCUT2D eigenvalue weighted by molar-refractivity contribution is 5.34. The van der Waals surface area contributed by atoms with Crippen molar-refractivity contribution in [2.75, 3.05) is 13.7 Å². The minimum absolute atomic E-state index is 0.141. The van der Waals surface area contributed by atoms with Gasteiger partial charge in [-0.2, -0.15) is 0 Å². The number of rotatable bonds is 6. The number of nitrogens with zero attached hydrogens (tertiary/aromatic N) is 2. The molecular formula is C15H21N3O. The Kier molecular flexibility index (Phi) is 4.58. The summed E-state index contributed by atoms with van der Waals surface area (Å²) < 4.78 is 7.36. The monoisotopic (exact) mass is 259 g/mol. The first-order valence-corrected chi connectivity index (χ1v) is 6.59. The van der Waals surface area contributed by atoms with Crippen molar-refractivity contribution in [3.8, 4) is 5.75 Å². The number of imidazole rings is 1. The average Bonchev–Trinajstić information content (AvgIpc) is 2.86. The molecule has 0 saturated carbocycles. The van der Waals surface area contributed by atoms with Gasteiger partial charge in [0.1, 0.15) is 5.75 Å². The summed E-state index contributed by atoms with van der Waals surface area (Å²) in [5.74, 6) is 0.878. The van der Waals surface area contributed by atoms with Crippen LogP contribution in [-0.2, 0) is 7.05 Å². The molecule has 4 nitrogen and oxygen atoms in total. The third kappa shape index (κ3) is 3.15. The summed E-state index contributed by atoms with van der Waals surface area (Å²) in [6, 6.07) is 8.31. The first kappa shape index (κ1) is 13.6. The highest BCUT2D eigenvalue weighted by Gasteiger charge is 2.16. The van der Waals surface area contributed by atoms with Crippen LogP contribution in [0.3, 0.4) is 0 Å². The zero-order chi connectivity index (χ0) is 13.7. The summed E-state index contributed by atoms with van der Waals surface area (Å²) in [6.07, 6.45) is 4.83. The number of aromatic nitrogens is 2. The van der Waals surface area contributed by atoms with E-state index in [1.54, 1.807) is 7.11 Å². The maximum absolute atomic E-state index is 5.31. The van der Waals surface area contributed by atoms with E-state index >= 15 is 0 Å². The van der Waals surface area contributed by atoms with Gasteiger partial charge in [-0.05, 0) is 30.7 Å². The van der Waals surface area contributed by atoms with E-state index in [9.17, 15) is 0 Å². The van der Waals surface area contributed by atoms with Gasteiger partial charge in [0, 0.05) is 7.05 Å². The summed E-state index contributed by atoms with van der Waals surface area (Å²) in [4.78, 5) is 4.21. The largest absolute Gasteiger partial charge is 0.497 e. The number of ether oxygens (including phenoxy) is 1. The van der Waals surface area contributed by atoms with E-state index in [0.717, 1.165) is 24.4 Å². The smallest absolute Gasteiger partial charge is 0.119 e. The predicted octanol–water partition coefficient (Wildman–Crippen LogP) is 2.52. The molecule has 1 atom stereocenters. The Morgan fingerprint density at radius 1 is 1.42 bits per heavy atom. The molecule has 0 aliphatic carbocycles. The lowest BCUT2D eigenvalue weighted by Gasteiger charge is -2.20. The molecule has 1 aromatic heterocycles. The lowest BCUT2D eigenvalue weighted by atomic mass is 10.0. The molecule has 0 saturated heterocycles. The number of aryl methyl sites for hydroxylation is 1. The van der Waals surface area contributed by atoms with Gasteiger partial charge in [0.2, 0.25) is 0 Å². The summed E-state index contributed by atoms with van der Waals surface area (Å²) in [6.45, 7) is 3.13. The lowest BCUT2D eigenvalue weighted by molar-refractivity contribution is 0.413. The van der Waals surface area contributed by atoms with Crippen LogP contribution < -0.4 is 10.1 Å². The SMILES string of the molecule is CCCNC(c1cccc(OC)c1)c1cncn1C. The molecule has 4 heteroatoms. The molecule has 102 valence electrons. The maximum Gasteiger partial charge on any atom is 0.119 e. The first-order valence-electron chi connectivity index (χ1n) is 6.59. The first-order chi connectivity index (χ1) is 9.26. The topological polar surface area (TPSA) is 39.1 Å². The molecule has 0 amide bonds. The summed E-state index contributed by atoms with van der Waals surface area (Å²) in [7, 11) is 3.71. The minimum Gasteiger partial charge on any atom is -0.497 e. The van der Waals surface area contributed by atoms with E-state index in [4.69, 9.17) is 4.74 Å². The van der Waals surface area contributed by atoms with E-state index < -0.39 is 0 Å². The molecule has 2 aromatic rings. The van der Waals surface area contributed by atoms with Crippen molar-refractivity contribution in [1.29, 1.82) is 0 Å². The molecule has 1 N–H and O–H groups in total. The van der Waals surface area contributed by atoms with Crippen molar-refractivity contribution in [3.05, 3.63) is 48.0 Å². The number of nitrogens with one attached hydrogen (secondary N) is 1. The molecule has 1 unspecified atom stereocenters. The van der Waals surface area contributed by atoms with Crippen LogP contribution in [0, 0.1) is 0 Å². The number of benzene rings is 1. The van der Waals surface area contributed by atoms with Gasteiger partial charge in [0.05, 0.1) is 31.4 Å². The van der Waals surface area contributed by atoms with Gasteiger partial charge >= 0.3 is 0 Å². The van der Waals surface area contributed by atoms with Crippen molar-refractivity contribution >= 4 is 0 Å². The van der Waals surface area contributed by atoms with Gasteiger partial charge in [-0.15, -0.1) is 0 Å². The van der Waals surface area contributed by atoms with Gasteiger partial charge in [0.15, 0.2) is 0 Å². The van der Waals surface area contributed by atoms with Crippen molar-refractivity contribution in [1.82, 2.24) is 14.9 Å². The third-order valence-corrected chi connectivity index (χ3v) is 3.18. The molecule has 0 bridgehead atoms. The quantitative estimate of drug-likeness (QED) is 0.866. The molecule has 0 radical (unpaired) electrons. The van der Waals surface area contributed by atoms with E-state index in [1.807, 2.05) is 36.3 Å². The Morgan fingerprint density at radius 3 is 2.89 bits per heavy atom. The molecular weight excluding hydrogens is 238 g/mol. The summed E-state index contributed by atoms with van der Waals surface area (Å²) >= 11 is 0. The predicted molar refractivity (Wildman–Crippen MR) is 76.3 cm³/mol. The van der Waals surface area contributed by atoms with Gasteiger partial charge < -0.3 is 14.6 Å². The van der Waals surface area contributed by atoms with E-state index in [-0.39, 0.29) is 6.04 Å². The Labute approximate surface area is 114 Å². The molecule has 19 heavy (non-hydrogen) atoms. The van der Waals surface area contributed by atoms with Gasteiger partial charge in [-0.1, -0.05) is 19.1 Å². The zero-order valence-electron chi connectivity index (χ0n) is 11.8. The highest BCUT2D eigenvalue weighted by atomic mass is 16.5. The van der Waals surface area contributed by atoms with E-state index in [2.05, 4.69) is 29.4 Å². The van der Waals surface area contributed by atoms with Crippen LogP contribution >= 0.6 is 0 Å². The second-order valence-electron chi connectivity index (χ2n) is 4.59. The zero-order valence-corrected chi connectivity index (χ0v) is 11.8. The number of hydrogen-bond donors (Lipinski definition) is 1. The summed E-state index contributed by atoms with van der Waals surface area (Å²) in [5, 5.41) is 3.56. The Morgan fingerprint density at radius 2 is 2.26 bits per heavy atom. The standard InChI is InChI=1S/C15H21N3O/c1-4-8-17-15(14-10-16-11-18(14)2)12-6-5-7-13(9-12)19-3/h5-7,9-11,15,17H,4,8H2,1-3H3. The Balaban J connectivity index is 2.34. The average molecular weight is 259 g/mol. The number of hydrogen-bond acceptors (Lipinski definition) is 3. The van der Waals surface area contributed by atoms with Crippen LogP contribution in [-0.4, -0.2) is 23.2 Å². The summed E-state index contributed by atoms with van der Waals surface area (Å²) in [5.41, 5.74) is 2.35. The van der Waals surface area contributed by atoms with Crippen LogP contribution in [0.15, 0.2) is 36.8 Å². The van der Waals surface area contributed by atoms with Crippen molar-refractivity contribution < 1.29 is 4.74 Å². The van der Waals surface area contributed by atoms with Gasteiger partial charge in [0.25, 0.3) is 0 Å². The minimum atomic E-state index is 0.141. The fourth-order valence-electron chi connectivity index (χ4n) is 2.15. The van der Waals surface area contributed by atoms with Crippen LogP contribution in [0.1, 0.15) is 30.6 Å². The van der Waals surface area contributed by atoms with Crippen molar-refractivity contribution in [2.45, 2.75) is 19.4 Å². The fourth-order valence-corrected chi connectivity index (χ4v) is 2.15. The molecule has 2 rings (SSSR count). The Hall–Kier alpha value is -1.81. The molecule has 0 aliphatic rings. The van der Waals surface area contributed by atoms with Crippen LogP contribution in [0.2, 0.25) is 0 Å². The normalized spacial score (nSPS) is 12.4. The molecule has 1 aromatic carbocycles. The van der Waals surface area contributed by atoms with Crippen LogP contribution in [0.4, 0.5) is 0 Å². The molecule has 0 fully saturated rings. The number of methoxy groups -OCH3 is 1. The lowest BCUT2D eigenvalue weighted by Crippen LogP contribution is -2.25. The van der Waals surface area contributed by atoms with E-state index in [1.165, 1.54) is 5.56 Å². The Bertz CT molecular complexity index is 522. The van der Waals surface area contributed by atoms with Crippen molar-refractivity contribution in [2.24, 2.45) is 7.05 Å². The van der Waals surface area contributed by atoms with Crippen LogP contribution in [0.5, 0.6) is 5.75 Å². The van der Waals surface area contributed by atoms with Crippen LogP contribution in [0.25, 0.3) is 0 Å². The second kappa shape index (κ2) is 6.38. The van der Waals surface area contributed by atoms with E-state index in [0.29, 0.717) is 0 Å².